The Labute approximate surface area is 116 Å². The second-order valence-electron chi connectivity index (χ2n) is 3.94. The Hall–Kier alpha value is -1.60. The number of thiazole rings is 1. The molecule has 0 unspecified atom stereocenters. The Morgan fingerprint density at radius 2 is 1.84 bits per heavy atom. The molecule has 0 saturated heterocycles. The van der Waals surface area contributed by atoms with E-state index >= 15 is 0 Å². The zero-order valence-corrected chi connectivity index (χ0v) is 12.4. The van der Waals surface area contributed by atoms with Crippen molar-refractivity contribution >= 4 is 26.5 Å². The number of sulfonamides is 1. The molecular formula is C12H14N2O3S2. The summed E-state index contributed by atoms with van der Waals surface area (Å²) in [4.78, 5) is 5.33. The molecular weight excluding hydrogens is 284 g/mol. The molecule has 1 heterocycles. The molecule has 0 spiro atoms. The summed E-state index contributed by atoms with van der Waals surface area (Å²) < 4.78 is 31.7. The van der Waals surface area contributed by atoms with Gasteiger partial charge < -0.3 is 4.74 Å². The number of anilines is 1. The number of aryl methyl sites for hydroxylation is 2. The zero-order chi connectivity index (χ0) is 14.0. The lowest BCUT2D eigenvalue weighted by Crippen LogP contribution is -2.12. The molecule has 1 aromatic heterocycles. The third-order valence-corrected chi connectivity index (χ3v) is 5.09. The topological polar surface area (TPSA) is 68.3 Å². The molecule has 0 atom stereocenters. The number of ether oxygens (including phenoxy) is 1. The predicted octanol–water partition coefficient (Wildman–Crippen LogP) is 2.57. The minimum Gasteiger partial charge on any atom is -0.497 e. The standard InChI is InChI=1S/C12H14N2O3S2/c1-8-9(2)18-12(13-8)14-19(15,16)11-6-4-10(17-3)5-7-11/h4-7H,1-3H3,(H,13,14). The first-order valence-corrected chi connectivity index (χ1v) is 7.83. The fourth-order valence-electron chi connectivity index (χ4n) is 1.45. The third kappa shape index (κ3) is 3.05. The summed E-state index contributed by atoms with van der Waals surface area (Å²) in [6.07, 6.45) is 0. The number of rotatable bonds is 4. The number of nitrogens with one attached hydrogen (secondary N) is 1. The maximum Gasteiger partial charge on any atom is 0.263 e. The summed E-state index contributed by atoms with van der Waals surface area (Å²) in [5.41, 5.74) is 0.831. The van der Waals surface area contributed by atoms with Crippen molar-refractivity contribution in [3.05, 3.63) is 34.8 Å². The molecule has 0 bridgehead atoms. The van der Waals surface area contributed by atoms with Crippen LogP contribution in [0, 0.1) is 13.8 Å². The minimum atomic E-state index is -3.60. The number of hydrogen-bond acceptors (Lipinski definition) is 5. The van der Waals surface area contributed by atoms with E-state index in [1.54, 1.807) is 12.1 Å². The average Bonchev–Trinajstić information content (AvgIpc) is 2.67. The summed E-state index contributed by atoms with van der Waals surface area (Å²) in [5.74, 6) is 0.611. The van der Waals surface area contributed by atoms with Crippen molar-refractivity contribution in [3.63, 3.8) is 0 Å². The van der Waals surface area contributed by atoms with Crippen LogP contribution < -0.4 is 9.46 Å². The molecule has 0 aliphatic rings. The highest BCUT2D eigenvalue weighted by Gasteiger charge is 2.16. The summed E-state index contributed by atoms with van der Waals surface area (Å²) >= 11 is 1.32. The van der Waals surface area contributed by atoms with Crippen LogP contribution in [0.15, 0.2) is 29.2 Å². The fraction of sp³-hybridized carbons (Fsp3) is 0.250. The molecule has 0 aliphatic carbocycles. The molecule has 0 fully saturated rings. The molecule has 102 valence electrons. The smallest absolute Gasteiger partial charge is 0.263 e. The van der Waals surface area contributed by atoms with Crippen molar-refractivity contribution in [1.29, 1.82) is 0 Å². The number of aromatic nitrogens is 1. The van der Waals surface area contributed by atoms with E-state index < -0.39 is 10.0 Å². The number of benzene rings is 1. The van der Waals surface area contributed by atoms with Crippen molar-refractivity contribution in [1.82, 2.24) is 4.98 Å². The summed E-state index contributed by atoms with van der Waals surface area (Å²) in [5, 5.41) is 0.380. The Kier molecular flexibility index (Phi) is 3.77. The van der Waals surface area contributed by atoms with Gasteiger partial charge in [-0.1, -0.05) is 0 Å². The van der Waals surface area contributed by atoms with E-state index in [0.717, 1.165) is 10.6 Å². The lowest BCUT2D eigenvalue weighted by atomic mass is 10.3. The Morgan fingerprint density at radius 3 is 2.32 bits per heavy atom. The highest BCUT2D eigenvalue weighted by molar-refractivity contribution is 7.93. The molecule has 7 heteroatoms. The second-order valence-corrected chi connectivity index (χ2v) is 6.83. The SMILES string of the molecule is COc1ccc(S(=O)(=O)Nc2nc(C)c(C)s2)cc1. The van der Waals surface area contributed by atoms with Crippen molar-refractivity contribution < 1.29 is 13.2 Å². The van der Waals surface area contributed by atoms with Gasteiger partial charge in [-0.3, -0.25) is 4.72 Å². The van der Waals surface area contributed by atoms with Gasteiger partial charge in [-0.05, 0) is 38.1 Å². The molecule has 1 aromatic carbocycles. The normalized spacial score (nSPS) is 11.3. The van der Waals surface area contributed by atoms with Gasteiger partial charge in [0.05, 0.1) is 17.7 Å². The molecule has 1 N–H and O–H groups in total. The van der Waals surface area contributed by atoms with Crippen LogP contribution in [-0.2, 0) is 10.0 Å². The molecule has 0 amide bonds. The van der Waals surface area contributed by atoms with E-state index in [1.165, 1.54) is 30.6 Å². The van der Waals surface area contributed by atoms with E-state index in [-0.39, 0.29) is 4.90 Å². The van der Waals surface area contributed by atoms with Gasteiger partial charge in [0.2, 0.25) is 0 Å². The van der Waals surface area contributed by atoms with E-state index in [1.807, 2.05) is 13.8 Å². The molecule has 5 nitrogen and oxygen atoms in total. The van der Waals surface area contributed by atoms with Gasteiger partial charge in [0.1, 0.15) is 5.75 Å². The first-order chi connectivity index (χ1) is 8.92. The molecule has 0 saturated carbocycles. The Morgan fingerprint density at radius 1 is 1.21 bits per heavy atom. The molecule has 2 aromatic rings. The Balaban J connectivity index is 2.26. The summed E-state index contributed by atoms with van der Waals surface area (Å²) in [6.45, 7) is 3.75. The van der Waals surface area contributed by atoms with Crippen LogP contribution >= 0.6 is 11.3 Å². The van der Waals surface area contributed by atoms with Gasteiger partial charge in [-0.15, -0.1) is 11.3 Å². The van der Waals surface area contributed by atoms with Crippen molar-refractivity contribution in [2.24, 2.45) is 0 Å². The van der Waals surface area contributed by atoms with Gasteiger partial charge in [0.25, 0.3) is 10.0 Å². The maximum atomic E-state index is 12.1. The van der Waals surface area contributed by atoms with E-state index in [9.17, 15) is 8.42 Å². The molecule has 19 heavy (non-hydrogen) atoms. The molecule has 2 rings (SSSR count). The largest absolute Gasteiger partial charge is 0.497 e. The third-order valence-electron chi connectivity index (χ3n) is 2.62. The lowest BCUT2D eigenvalue weighted by molar-refractivity contribution is 0.414. The van der Waals surface area contributed by atoms with Gasteiger partial charge in [-0.2, -0.15) is 0 Å². The minimum absolute atomic E-state index is 0.179. The summed E-state index contributed by atoms with van der Waals surface area (Å²) in [6, 6.07) is 6.20. The van der Waals surface area contributed by atoms with Crippen LogP contribution in [0.2, 0.25) is 0 Å². The van der Waals surface area contributed by atoms with E-state index in [4.69, 9.17) is 4.74 Å². The maximum absolute atomic E-state index is 12.1. The van der Waals surface area contributed by atoms with Gasteiger partial charge >= 0.3 is 0 Å². The van der Waals surface area contributed by atoms with Crippen molar-refractivity contribution in [2.75, 3.05) is 11.8 Å². The van der Waals surface area contributed by atoms with Crippen LogP contribution in [0.4, 0.5) is 5.13 Å². The van der Waals surface area contributed by atoms with Crippen LogP contribution in [0.5, 0.6) is 5.75 Å². The fourth-order valence-corrected chi connectivity index (χ4v) is 3.49. The molecule has 0 aliphatic heterocycles. The van der Waals surface area contributed by atoms with Gasteiger partial charge in [0, 0.05) is 4.88 Å². The number of hydrogen-bond donors (Lipinski definition) is 1. The monoisotopic (exact) mass is 298 g/mol. The van der Waals surface area contributed by atoms with Crippen LogP contribution in [0.1, 0.15) is 10.6 Å². The summed E-state index contributed by atoms with van der Waals surface area (Å²) in [7, 11) is -2.07. The zero-order valence-electron chi connectivity index (χ0n) is 10.8. The van der Waals surface area contributed by atoms with Crippen molar-refractivity contribution in [2.45, 2.75) is 18.7 Å². The first kappa shape index (κ1) is 13.8. The van der Waals surface area contributed by atoms with E-state index in [0.29, 0.717) is 10.9 Å². The predicted molar refractivity (Wildman–Crippen MR) is 75.4 cm³/mol. The van der Waals surface area contributed by atoms with E-state index in [2.05, 4.69) is 9.71 Å². The molecule has 0 radical (unpaired) electrons. The van der Waals surface area contributed by atoms with Gasteiger partial charge in [0.15, 0.2) is 5.13 Å². The lowest BCUT2D eigenvalue weighted by Gasteiger charge is -2.05. The second kappa shape index (κ2) is 5.18. The highest BCUT2D eigenvalue weighted by Crippen LogP contribution is 2.24. The van der Waals surface area contributed by atoms with Crippen LogP contribution in [0.25, 0.3) is 0 Å². The average molecular weight is 298 g/mol. The van der Waals surface area contributed by atoms with Crippen molar-refractivity contribution in [3.8, 4) is 5.75 Å². The van der Waals surface area contributed by atoms with Gasteiger partial charge in [-0.25, -0.2) is 13.4 Å². The van der Waals surface area contributed by atoms with Crippen LogP contribution in [-0.4, -0.2) is 20.5 Å². The Bertz CT molecular complexity index is 656. The quantitative estimate of drug-likeness (QED) is 0.942. The number of methoxy groups -OCH3 is 1. The first-order valence-electron chi connectivity index (χ1n) is 5.53. The van der Waals surface area contributed by atoms with Crippen LogP contribution in [0.3, 0.4) is 0 Å². The number of nitrogens with zero attached hydrogens (tertiary/aromatic N) is 1. The highest BCUT2D eigenvalue weighted by atomic mass is 32.2.